The Hall–Kier alpha value is -2.03. The number of hydrogen-bond acceptors (Lipinski definition) is 2. The Balaban J connectivity index is 2.61. The lowest BCUT2D eigenvalue weighted by Crippen LogP contribution is -2.09. The van der Waals surface area contributed by atoms with Crippen LogP contribution < -0.4 is 4.74 Å². The van der Waals surface area contributed by atoms with Crippen molar-refractivity contribution in [3.63, 3.8) is 0 Å². The maximum absolute atomic E-state index is 11.1. The fraction of sp³-hybridized carbons (Fsp3) is 0.267. The van der Waals surface area contributed by atoms with Crippen molar-refractivity contribution >= 4 is 16.7 Å². The third-order valence-corrected chi connectivity index (χ3v) is 3.38. The van der Waals surface area contributed by atoms with Gasteiger partial charge in [0.2, 0.25) is 0 Å². The van der Waals surface area contributed by atoms with Crippen molar-refractivity contribution in [2.75, 3.05) is 7.11 Å². The van der Waals surface area contributed by atoms with E-state index in [1.807, 2.05) is 37.3 Å². The average molecular weight is 244 g/mol. The second-order valence-electron chi connectivity index (χ2n) is 4.43. The summed E-state index contributed by atoms with van der Waals surface area (Å²) in [6, 6.07) is 9.65. The van der Waals surface area contributed by atoms with Crippen molar-refractivity contribution < 1.29 is 14.6 Å². The molecule has 0 radical (unpaired) electrons. The number of carboxylic acids is 1. The second kappa shape index (κ2) is 4.69. The molecule has 2 aromatic rings. The Kier molecular flexibility index (Phi) is 3.24. The number of ether oxygens (including phenoxy) is 1. The molecule has 0 fully saturated rings. The molecule has 0 aliphatic carbocycles. The number of benzene rings is 2. The molecule has 0 aliphatic rings. The van der Waals surface area contributed by atoms with Gasteiger partial charge in [-0.15, -0.1) is 0 Å². The van der Waals surface area contributed by atoms with Crippen molar-refractivity contribution in [2.45, 2.75) is 19.8 Å². The Morgan fingerprint density at radius 1 is 1.28 bits per heavy atom. The molecule has 1 unspecified atom stereocenters. The molecule has 2 aromatic carbocycles. The molecule has 0 saturated carbocycles. The van der Waals surface area contributed by atoms with Gasteiger partial charge in [0.25, 0.3) is 0 Å². The van der Waals surface area contributed by atoms with E-state index in [0.717, 1.165) is 27.6 Å². The zero-order chi connectivity index (χ0) is 13.3. The quantitative estimate of drug-likeness (QED) is 0.900. The molecule has 0 heterocycles. The number of hydrogen-bond donors (Lipinski definition) is 1. The summed E-state index contributed by atoms with van der Waals surface area (Å²) in [5, 5.41) is 11.2. The molecule has 0 spiro atoms. The second-order valence-corrected chi connectivity index (χ2v) is 4.43. The van der Waals surface area contributed by atoms with Gasteiger partial charge in [-0.1, -0.05) is 18.2 Å². The lowest BCUT2D eigenvalue weighted by atomic mass is 9.92. The van der Waals surface area contributed by atoms with E-state index in [0.29, 0.717) is 0 Å². The molecule has 18 heavy (non-hydrogen) atoms. The van der Waals surface area contributed by atoms with E-state index in [9.17, 15) is 4.79 Å². The van der Waals surface area contributed by atoms with Crippen LogP contribution in [-0.2, 0) is 4.79 Å². The topological polar surface area (TPSA) is 46.5 Å². The number of aliphatic carboxylic acids is 1. The maximum Gasteiger partial charge on any atom is 0.310 e. The highest BCUT2D eigenvalue weighted by molar-refractivity contribution is 5.89. The number of carbonyl (C=O) groups is 1. The van der Waals surface area contributed by atoms with Crippen LogP contribution in [0.1, 0.15) is 24.0 Å². The van der Waals surface area contributed by atoms with Gasteiger partial charge in [0.05, 0.1) is 13.0 Å². The molecule has 3 nitrogen and oxygen atoms in total. The molecule has 94 valence electrons. The van der Waals surface area contributed by atoms with Gasteiger partial charge in [0.15, 0.2) is 0 Å². The van der Waals surface area contributed by atoms with Crippen LogP contribution in [0.15, 0.2) is 30.3 Å². The van der Waals surface area contributed by atoms with E-state index >= 15 is 0 Å². The van der Waals surface area contributed by atoms with Crippen molar-refractivity contribution in [1.82, 2.24) is 0 Å². The zero-order valence-corrected chi connectivity index (χ0v) is 10.7. The average Bonchev–Trinajstić information content (AvgIpc) is 2.37. The molecule has 0 saturated heterocycles. The highest BCUT2D eigenvalue weighted by Gasteiger charge is 2.17. The standard InChI is InChI=1S/C15H16O3/c1-9-13(10(2)15(16)17)6-4-11-8-12(18-3)5-7-14(9)11/h4-8,10H,1-3H3,(H,16,17). The lowest BCUT2D eigenvalue weighted by molar-refractivity contribution is -0.138. The first kappa shape index (κ1) is 12.4. The van der Waals surface area contributed by atoms with Gasteiger partial charge in [-0.25, -0.2) is 0 Å². The van der Waals surface area contributed by atoms with Gasteiger partial charge >= 0.3 is 5.97 Å². The van der Waals surface area contributed by atoms with Gasteiger partial charge < -0.3 is 9.84 Å². The first-order chi connectivity index (χ1) is 8.54. The molecule has 0 aliphatic heterocycles. The minimum absolute atomic E-state index is 0.489. The van der Waals surface area contributed by atoms with Crippen molar-refractivity contribution in [2.24, 2.45) is 0 Å². The molecule has 0 bridgehead atoms. The summed E-state index contributed by atoms with van der Waals surface area (Å²) < 4.78 is 5.18. The fourth-order valence-corrected chi connectivity index (χ4v) is 2.21. The monoisotopic (exact) mass is 244 g/mol. The molecule has 1 N–H and O–H groups in total. The summed E-state index contributed by atoms with van der Waals surface area (Å²) in [5.74, 6) is -0.483. The van der Waals surface area contributed by atoms with Crippen LogP contribution in [-0.4, -0.2) is 18.2 Å². The summed E-state index contributed by atoms with van der Waals surface area (Å²) in [5.41, 5.74) is 1.88. The van der Waals surface area contributed by atoms with Crippen LogP contribution in [0.25, 0.3) is 10.8 Å². The van der Waals surface area contributed by atoms with Crippen LogP contribution in [0, 0.1) is 6.92 Å². The molecule has 1 atom stereocenters. The molecular weight excluding hydrogens is 228 g/mol. The molecular formula is C15H16O3. The van der Waals surface area contributed by atoms with Crippen LogP contribution in [0.2, 0.25) is 0 Å². The number of fused-ring (bicyclic) bond motifs is 1. The highest BCUT2D eigenvalue weighted by Crippen LogP contribution is 2.29. The van der Waals surface area contributed by atoms with Gasteiger partial charge in [0, 0.05) is 0 Å². The minimum atomic E-state index is -0.800. The first-order valence-corrected chi connectivity index (χ1v) is 5.84. The summed E-state index contributed by atoms with van der Waals surface area (Å²) in [4.78, 5) is 11.1. The summed E-state index contributed by atoms with van der Waals surface area (Å²) in [6.07, 6.45) is 0. The molecule has 0 amide bonds. The SMILES string of the molecule is COc1ccc2c(C)c(C(C)C(=O)O)ccc2c1. The Morgan fingerprint density at radius 2 is 2.00 bits per heavy atom. The van der Waals surface area contributed by atoms with E-state index in [-0.39, 0.29) is 0 Å². The minimum Gasteiger partial charge on any atom is -0.497 e. The third-order valence-electron chi connectivity index (χ3n) is 3.38. The zero-order valence-electron chi connectivity index (χ0n) is 10.7. The molecule has 3 heteroatoms. The molecule has 2 rings (SSSR count). The normalized spacial score (nSPS) is 12.4. The van der Waals surface area contributed by atoms with Crippen LogP contribution in [0.5, 0.6) is 5.75 Å². The van der Waals surface area contributed by atoms with Gasteiger partial charge in [-0.05, 0) is 47.9 Å². The van der Waals surface area contributed by atoms with Gasteiger partial charge in [-0.3, -0.25) is 4.79 Å². The van der Waals surface area contributed by atoms with Crippen molar-refractivity contribution in [1.29, 1.82) is 0 Å². The van der Waals surface area contributed by atoms with Gasteiger partial charge in [0.1, 0.15) is 5.75 Å². The van der Waals surface area contributed by atoms with E-state index in [1.54, 1.807) is 14.0 Å². The number of rotatable bonds is 3. The fourth-order valence-electron chi connectivity index (χ4n) is 2.21. The van der Waals surface area contributed by atoms with E-state index < -0.39 is 11.9 Å². The summed E-state index contributed by atoms with van der Waals surface area (Å²) >= 11 is 0. The van der Waals surface area contributed by atoms with Crippen molar-refractivity contribution in [3.8, 4) is 5.75 Å². The Labute approximate surface area is 106 Å². The molecule has 0 aromatic heterocycles. The highest BCUT2D eigenvalue weighted by atomic mass is 16.5. The Morgan fingerprint density at radius 3 is 2.61 bits per heavy atom. The van der Waals surface area contributed by atoms with Gasteiger partial charge in [-0.2, -0.15) is 0 Å². The largest absolute Gasteiger partial charge is 0.497 e. The van der Waals surface area contributed by atoms with E-state index in [4.69, 9.17) is 9.84 Å². The first-order valence-electron chi connectivity index (χ1n) is 5.84. The predicted molar refractivity (Wildman–Crippen MR) is 71.3 cm³/mol. The smallest absolute Gasteiger partial charge is 0.310 e. The number of carboxylic acid groups (broad SMARTS) is 1. The van der Waals surface area contributed by atoms with E-state index in [2.05, 4.69) is 0 Å². The van der Waals surface area contributed by atoms with Crippen molar-refractivity contribution in [3.05, 3.63) is 41.5 Å². The summed E-state index contributed by atoms with van der Waals surface area (Å²) in [6.45, 7) is 3.67. The number of methoxy groups -OCH3 is 1. The third kappa shape index (κ3) is 2.04. The maximum atomic E-state index is 11.1. The number of aryl methyl sites for hydroxylation is 1. The van der Waals surface area contributed by atoms with E-state index in [1.165, 1.54) is 0 Å². The van der Waals surface area contributed by atoms with Crippen LogP contribution in [0.3, 0.4) is 0 Å². The lowest BCUT2D eigenvalue weighted by Gasteiger charge is -2.13. The summed E-state index contributed by atoms with van der Waals surface area (Å²) in [7, 11) is 1.63. The van der Waals surface area contributed by atoms with Crippen LogP contribution >= 0.6 is 0 Å². The predicted octanol–water partition coefficient (Wildman–Crippen LogP) is 3.34. The van der Waals surface area contributed by atoms with Crippen LogP contribution in [0.4, 0.5) is 0 Å². The Bertz CT molecular complexity index is 602.